The molecule has 0 nitrogen and oxygen atoms in total. The highest BCUT2D eigenvalue weighted by atomic mass is 31.1. The van der Waals surface area contributed by atoms with Crippen LogP contribution in [0.2, 0.25) is 0 Å². The molecule has 0 saturated heterocycles. The highest BCUT2D eigenvalue weighted by Gasteiger charge is 2.23. The molecule has 1 unspecified atom stereocenters. The third kappa shape index (κ3) is 1.68. The molecule has 2 aromatic rings. The number of fused-ring (bicyclic) bond motifs is 1. The van der Waals surface area contributed by atoms with Crippen LogP contribution in [-0.4, -0.2) is 0 Å². The first-order valence-electron chi connectivity index (χ1n) is 6.12. The van der Waals surface area contributed by atoms with Gasteiger partial charge in [-0.15, -0.1) is 7.53 Å². The number of rotatable bonds is 2. The van der Waals surface area contributed by atoms with E-state index < -0.39 is 0 Å². The lowest BCUT2D eigenvalue weighted by atomic mass is 9.97. The van der Waals surface area contributed by atoms with Gasteiger partial charge < -0.3 is 0 Å². The van der Waals surface area contributed by atoms with Gasteiger partial charge in [-0.25, -0.2) is 0 Å². The second-order valence-electron chi connectivity index (χ2n) is 4.45. The fourth-order valence-electron chi connectivity index (χ4n) is 2.57. The van der Waals surface area contributed by atoms with Crippen LogP contribution in [0.25, 0.3) is 11.6 Å². The van der Waals surface area contributed by atoms with Crippen LogP contribution in [0.15, 0.2) is 42.2 Å². The summed E-state index contributed by atoms with van der Waals surface area (Å²) in [5, 5.41) is 1.55. The smallest absolute Gasteiger partial charge is 0.0325 e. The first-order valence-corrected chi connectivity index (χ1v) is 7.71. The van der Waals surface area contributed by atoms with Gasteiger partial charge >= 0.3 is 0 Å². The van der Waals surface area contributed by atoms with E-state index in [1.165, 1.54) is 28.8 Å². The van der Waals surface area contributed by atoms with Gasteiger partial charge in [0.2, 0.25) is 0 Å². The van der Waals surface area contributed by atoms with E-state index in [4.69, 9.17) is 0 Å². The molecular formula is C16H16P. The molecule has 0 fully saturated rings. The molecule has 1 heteroatoms. The minimum atomic E-state index is -0.0551. The monoisotopic (exact) mass is 239 g/mol. The van der Waals surface area contributed by atoms with E-state index in [0.29, 0.717) is 0 Å². The lowest BCUT2D eigenvalue weighted by Gasteiger charge is -2.11. The zero-order valence-corrected chi connectivity index (χ0v) is 11.2. The molecule has 85 valence electrons. The number of hydrogen-bond donors (Lipinski definition) is 0. The lowest BCUT2D eigenvalue weighted by Crippen LogP contribution is -1.92. The Labute approximate surface area is 104 Å². The fraction of sp³-hybridized carbons (Fsp3) is 0.188. The van der Waals surface area contributed by atoms with E-state index in [0.717, 1.165) is 0 Å². The van der Waals surface area contributed by atoms with Crippen molar-refractivity contribution in [3.05, 3.63) is 64.5 Å². The summed E-state index contributed by atoms with van der Waals surface area (Å²) in [6.07, 6.45) is 3.60. The molecule has 1 radical (unpaired) electrons. The molecule has 0 aliphatic heterocycles. The van der Waals surface area contributed by atoms with Crippen LogP contribution in [0.1, 0.15) is 30.3 Å². The Morgan fingerprint density at radius 2 is 1.88 bits per heavy atom. The molecule has 3 rings (SSSR count). The van der Waals surface area contributed by atoms with Crippen molar-refractivity contribution < 1.29 is 0 Å². The van der Waals surface area contributed by atoms with Crippen molar-refractivity contribution in [3.8, 4) is 0 Å². The minimum Gasteiger partial charge on any atom is -0.117 e. The van der Waals surface area contributed by atoms with Crippen LogP contribution in [0.4, 0.5) is 0 Å². The van der Waals surface area contributed by atoms with Crippen molar-refractivity contribution >= 4 is 19.2 Å². The molecule has 0 amide bonds. The van der Waals surface area contributed by atoms with Crippen molar-refractivity contribution in [2.45, 2.75) is 20.0 Å². The number of allylic oxidation sites excluding steroid dienone is 1. The summed E-state index contributed by atoms with van der Waals surface area (Å²) >= 11 is 0. The van der Waals surface area contributed by atoms with Crippen molar-refractivity contribution in [2.24, 2.45) is 0 Å². The van der Waals surface area contributed by atoms with Crippen molar-refractivity contribution in [3.63, 3.8) is 0 Å². The van der Waals surface area contributed by atoms with Gasteiger partial charge in [-0.2, -0.15) is 0 Å². The molecule has 0 bridgehead atoms. The number of aryl methyl sites for hydroxylation is 1. The van der Waals surface area contributed by atoms with Crippen molar-refractivity contribution in [1.29, 1.82) is 0 Å². The van der Waals surface area contributed by atoms with Crippen LogP contribution in [0, 0.1) is 5.92 Å². The van der Waals surface area contributed by atoms with Gasteiger partial charge in [0, 0.05) is 5.92 Å². The van der Waals surface area contributed by atoms with Crippen LogP contribution in [-0.2, 0) is 6.16 Å². The van der Waals surface area contributed by atoms with Gasteiger partial charge in [0.05, 0.1) is 0 Å². The van der Waals surface area contributed by atoms with Gasteiger partial charge in [-0.3, -0.25) is 0 Å². The Kier molecular flexibility index (Phi) is 2.68. The Hall–Kier alpha value is -1.26. The molecule has 1 heterocycles. The molecule has 1 aromatic heterocycles. The van der Waals surface area contributed by atoms with Crippen LogP contribution >= 0.6 is 7.53 Å². The van der Waals surface area contributed by atoms with Gasteiger partial charge in [-0.05, 0) is 40.0 Å². The topological polar surface area (TPSA) is 0 Å². The molecule has 1 aliphatic carbocycles. The van der Waals surface area contributed by atoms with Gasteiger partial charge in [0.15, 0.2) is 0 Å². The maximum atomic E-state index is 2.38. The first-order chi connectivity index (χ1) is 8.31. The molecule has 0 spiro atoms. The molecular weight excluding hydrogens is 223 g/mol. The number of benzene rings is 1. The Balaban J connectivity index is 2.09. The summed E-state index contributed by atoms with van der Waals surface area (Å²) in [7, 11) is -0.0551. The van der Waals surface area contributed by atoms with E-state index >= 15 is 0 Å². The minimum absolute atomic E-state index is 0.0551. The zero-order chi connectivity index (χ0) is 11.8. The Morgan fingerprint density at radius 3 is 2.65 bits per heavy atom. The van der Waals surface area contributed by atoms with Crippen LogP contribution < -0.4 is 0 Å². The van der Waals surface area contributed by atoms with E-state index in [1.54, 1.807) is 5.30 Å². The summed E-state index contributed by atoms with van der Waals surface area (Å²) in [5.74, 6) is 3.82. The molecule has 0 saturated carbocycles. The van der Waals surface area contributed by atoms with Crippen LogP contribution in [0.5, 0.6) is 0 Å². The fourth-order valence-corrected chi connectivity index (χ4v) is 4.40. The summed E-state index contributed by atoms with van der Waals surface area (Å²) in [6, 6.07) is 13.2. The lowest BCUT2D eigenvalue weighted by molar-refractivity contribution is 1.29. The SMILES string of the molecule is CCp1cccc1C1=Cc2ccccc2[C]1C. The Morgan fingerprint density at radius 1 is 1.06 bits per heavy atom. The third-order valence-corrected chi connectivity index (χ3v) is 5.74. The molecule has 0 N–H and O–H groups in total. The molecule has 17 heavy (non-hydrogen) atoms. The summed E-state index contributed by atoms with van der Waals surface area (Å²) in [5.41, 5.74) is 4.24. The predicted molar refractivity (Wildman–Crippen MR) is 77.2 cm³/mol. The quantitative estimate of drug-likeness (QED) is 0.676. The largest absolute Gasteiger partial charge is 0.117 e. The zero-order valence-electron chi connectivity index (χ0n) is 10.3. The normalized spacial score (nSPS) is 15.9. The van der Waals surface area contributed by atoms with Gasteiger partial charge in [0.25, 0.3) is 0 Å². The summed E-state index contributed by atoms with van der Waals surface area (Å²) in [6.45, 7) is 4.53. The number of hydrogen-bond acceptors (Lipinski definition) is 0. The van der Waals surface area contributed by atoms with Gasteiger partial charge in [0.1, 0.15) is 0 Å². The van der Waals surface area contributed by atoms with Crippen LogP contribution in [0.3, 0.4) is 0 Å². The molecule has 1 aromatic carbocycles. The predicted octanol–water partition coefficient (Wildman–Crippen LogP) is 5.19. The highest BCUT2D eigenvalue weighted by Crippen LogP contribution is 2.48. The standard InChI is InChI=1S/C16H16P/c1-3-17-10-6-9-16(17)15-11-13-7-4-5-8-14(13)12(15)2/h4-11H,3H2,1-2H3. The summed E-state index contributed by atoms with van der Waals surface area (Å²) < 4.78 is 0. The maximum Gasteiger partial charge on any atom is 0.0325 e. The maximum absolute atomic E-state index is 2.38. The molecule has 1 aliphatic rings. The van der Waals surface area contributed by atoms with Crippen molar-refractivity contribution in [2.75, 3.05) is 0 Å². The van der Waals surface area contributed by atoms with E-state index in [2.05, 4.69) is 62.1 Å². The summed E-state index contributed by atoms with van der Waals surface area (Å²) in [4.78, 5) is 0. The highest BCUT2D eigenvalue weighted by molar-refractivity contribution is 7.49. The third-order valence-electron chi connectivity index (χ3n) is 3.51. The van der Waals surface area contributed by atoms with Crippen molar-refractivity contribution in [1.82, 2.24) is 0 Å². The second kappa shape index (κ2) is 4.20. The van der Waals surface area contributed by atoms with E-state index in [-0.39, 0.29) is 7.53 Å². The average molecular weight is 239 g/mol. The second-order valence-corrected chi connectivity index (χ2v) is 6.80. The van der Waals surface area contributed by atoms with Gasteiger partial charge in [-0.1, -0.05) is 50.2 Å². The average Bonchev–Trinajstić information content (AvgIpc) is 2.94. The van der Waals surface area contributed by atoms with E-state index in [1.807, 2.05) is 0 Å². The first kappa shape index (κ1) is 10.9. The molecule has 1 atom stereocenters. The Bertz CT molecular complexity index is 575. The van der Waals surface area contributed by atoms with E-state index in [9.17, 15) is 0 Å².